The van der Waals surface area contributed by atoms with Gasteiger partial charge in [0.25, 0.3) is 0 Å². The predicted octanol–water partition coefficient (Wildman–Crippen LogP) is 4.32. The van der Waals surface area contributed by atoms with Gasteiger partial charge >= 0.3 is 0 Å². The van der Waals surface area contributed by atoms with Gasteiger partial charge in [0.2, 0.25) is 0 Å². The van der Waals surface area contributed by atoms with Gasteiger partial charge in [-0.15, -0.1) is 0 Å². The second kappa shape index (κ2) is 8.64. The molecule has 0 bridgehead atoms. The van der Waals surface area contributed by atoms with E-state index in [1.807, 2.05) is 12.1 Å². The molecule has 0 amide bonds. The van der Waals surface area contributed by atoms with Crippen LogP contribution >= 0.6 is 15.9 Å². The Morgan fingerprint density at radius 1 is 1.10 bits per heavy atom. The van der Waals surface area contributed by atoms with Gasteiger partial charge in [0.15, 0.2) is 0 Å². The minimum Gasteiger partial charge on any atom is -0.497 e. The summed E-state index contributed by atoms with van der Waals surface area (Å²) in [6.45, 7) is 1.18. The molecular weight excluding hydrogens is 330 g/mol. The SMILES string of the molecule is COc1cc(Br)c(CCCCCCNC2CC2)c(OC)c1. The van der Waals surface area contributed by atoms with Crippen LogP contribution in [0, 0.1) is 0 Å². The molecule has 21 heavy (non-hydrogen) atoms. The summed E-state index contributed by atoms with van der Waals surface area (Å²) in [6.07, 6.45) is 8.87. The van der Waals surface area contributed by atoms with Crippen molar-refractivity contribution in [2.24, 2.45) is 0 Å². The smallest absolute Gasteiger partial charge is 0.126 e. The summed E-state index contributed by atoms with van der Waals surface area (Å²) >= 11 is 3.63. The molecule has 118 valence electrons. The fourth-order valence-electron chi connectivity index (χ4n) is 2.50. The Kier molecular flexibility index (Phi) is 6.84. The zero-order valence-electron chi connectivity index (χ0n) is 13.1. The summed E-state index contributed by atoms with van der Waals surface area (Å²) in [4.78, 5) is 0. The van der Waals surface area contributed by atoms with E-state index in [4.69, 9.17) is 9.47 Å². The van der Waals surface area contributed by atoms with Crippen LogP contribution in [-0.2, 0) is 6.42 Å². The average molecular weight is 356 g/mol. The number of hydrogen-bond donors (Lipinski definition) is 1. The lowest BCUT2D eigenvalue weighted by atomic mass is 10.0. The van der Waals surface area contributed by atoms with Crippen molar-refractivity contribution in [3.63, 3.8) is 0 Å². The van der Waals surface area contributed by atoms with Crippen LogP contribution in [0.4, 0.5) is 0 Å². The van der Waals surface area contributed by atoms with Crippen LogP contribution in [0.1, 0.15) is 44.1 Å². The quantitative estimate of drug-likeness (QED) is 0.634. The predicted molar refractivity (Wildman–Crippen MR) is 90.4 cm³/mol. The van der Waals surface area contributed by atoms with E-state index >= 15 is 0 Å². The summed E-state index contributed by atoms with van der Waals surface area (Å²) in [5.41, 5.74) is 1.24. The Hall–Kier alpha value is -0.740. The molecule has 0 saturated heterocycles. The summed E-state index contributed by atoms with van der Waals surface area (Å²) in [5.74, 6) is 1.74. The molecule has 0 atom stereocenters. The van der Waals surface area contributed by atoms with Crippen molar-refractivity contribution in [3.8, 4) is 11.5 Å². The molecule has 1 aliphatic carbocycles. The third kappa shape index (κ3) is 5.51. The van der Waals surface area contributed by atoms with E-state index in [1.165, 1.54) is 50.6 Å². The minimum atomic E-state index is 0.827. The number of ether oxygens (including phenoxy) is 2. The van der Waals surface area contributed by atoms with Gasteiger partial charge in [-0.1, -0.05) is 28.8 Å². The normalized spacial score (nSPS) is 14.2. The van der Waals surface area contributed by atoms with E-state index in [2.05, 4.69) is 21.2 Å². The third-order valence-corrected chi connectivity index (χ3v) is 4.66. The van der Waals surface area contributed by atoms with E-state index in [0.29, 0.717) is 0 Å². The maximum Gasteiger partial charge on any atom is 0.126 e. The van der Waals surface area contributed by atoms with Crippen molar-refractivity contribution in [1.82, 2.24) is 5.32 Å². The average Bonchev–Trinajstić information content (AvgIpc) is 3.31. The van der Waals surface area contributed by atoms with Crippen LogP contribution in [0.2, 0.25) is 0 Å². The number of hydrogen-bond acceptors (Lipinski definition) is 3. The lowest BCUT2D eigenvalue weighted by molar-refractivity contribution is 0.389. The molecule has 3 nitrogen and oxygen atoms in total. The van der Waals surface area contributed by atoms with Gasteiger partial charge in [-0.3, -0.25) is 0 Å². The first kappa shape index (κ1) is 16.6. The highest BCUT2D eigenvalue weighted by Gasteiger charge is 2.19. The number of rotatable bonds is 10. The molecular formula is C17H26BrNO2. The van der Waals surface area contributed by atoms with Gasteiger partial charge in [0.1, 0.15) is 11.5 Å². The van der Waals surface area contributed by atoms with Crippen LogP contribution in [0.5, 0.6) is 11.5 Å². The highest BCUT2D eigenvalue weighted by atomic mass is 79.9. The summed E-state index contributed by atoms with van der Waals surface area (Å²) in [6, 6.07) is 4.81. The molecule has 0 heterocycles. The van der Waals surface area contributed by atoms with Crippen LogP contribution in [0.25, 0.3) is 0 Å². The van der Waals surface area contributed by atoms with Crippen molar-refractivity contribution < 1.29 is 9.47 Å². The largest absolute Gasteiger partial charge is 0.497 e. The highest BCUT2D eigenvalue weighted by molar-refractivity contribution is 9.10. The molecule has 0 aromatic heterocycles. The molecule has 1 N–H and O–H groups in total. The second-order valence-corrected chi connectivity index (χ2v) is 6.54. The molecule has 0 spiro atoms. The molecule has 1 aromatic carbocycles. The molecule has 2 rings (SSSR count). The summed E-state index contributed by atoms with van der Waals surface area (Å²) in [5, 5.41) is 3.56. The van der Waals surface area contributed by atoms with Crippen molar-refractivity contribution >= 4 is 15.9 Å². The van der Waals surface area contributed by atoms with E-state index in [0.717, 1.165) is 28.4 Å². The Balaban J connectivity index is 1.71. The van der Waals surface area contributed by atoms with Crippen molar-refractivity contribution in [3.05, 3.63) is 22.2 Å². The fraction of sp³-hybridized carbons (Fsp3) is 0.647. The van der Waals surface area contributed by atoms with Crippen LogP contribution < -0.4 is 14.8 Å². The van der Waals surface area contributed by atoms with E-state index < -0.39 is 0 Å². The third-order valence-electron chi connectivity index (χ3n) is 3.95. The zero-order chi connectivity index (χ0) is 15.1. The van der Waals surface area contributed by atoms with Crippen LogP contribution in [0.15, 0.2) is 16.6 Å². The molecule has 1 saturated carbocycles. The number of benzene rings is 1. The van der Waals surface area contributed by atoms with Gasteiger partial charge in [0.05, 0.1) is 14.2 Å². The van der Waals surface area contributed by atoms with Crippen LogP contribution in [-0.4, -0.2) is 26.8 Å². The summed E-state index contributed by atoms with van der Waals surface area (Å²) in [7, 11) is 3.39. The maximum atomic E-state index is 5.48. The number of halogens is 1. The second-order valence-electron chi connectivity index (χ2n) is 5.68. The first-order valence-electron chi connectivity index (χ1n) is 7.88. The Labute approximate surface area is 136 Å². The van der Waals surface area contributed by atoms with Crippen molar-refractivity contribution in [2.75, 3.05) is 20.8 Å². The van der Waals surface area contributed by atoms with Gasteiger partial charge in [-0.05, 0) is 44.7 Å². The van der Waals surface area contributed by atoms with Gasteiger partial charge in [0, 0.05) is 22.1 Å². The molecule has 0 unspecified atom stereocenters. The van der Waals surface area contributed by atoms with Gasteiger partial charge < -0.3 is 14.8 Å². The molecule has 0 aliphatic heterocycles. The Morgan fingerprint density at radius 2 is 1.86 bits per heavy atom. The van der Waals surface area contributed by atoms with Crippen molar-refractivity contribution in [2.45, 2.75) is 51.0 Å². The lowest BCUT2D eigenvalue weighted by Gasteiger charge is -2.13. The first-order chi connectivity index (χ1) is 10.2. The van der Waals surface area contributed by atoms with Crippen LogP contribution in [0.3, 0.4) is 0 Å². The topological polar surface area (TPSA) is 30.5 Å². The number of unbranched alkanes of at least 4 members (excludes halogenated alkanes) is 3. The standard InChI is InChI=1S/C17H26BrNO2/c1-20-14-11-16(18)15(17(12-14)21-2)7-5-3-4-6-10-19-13-8-9-13/h11-13,19H,3-10H2,1-2H3. The molecule has 4 heteroatoms. The van der Waals surface area contributed by atoms with Gasteiger partial charge in [-0.25, -0.2) is 0 Å². The fourth-order valence-corrected chi connectivity index (χ4v) is 3.12. The minimum absolute atomic E-state index is 0.827. The zero-order valence-corrected chi connectivity index (χ0v) is 14.7. The number of methoxy groups -OCH3 is 2. The highest BCUT2D eigenvalue weighted by Crippen LogP contribution is 2.33. The molecule has 1 fully saturated rings. The van der Waals surface area contributed by atoms with Gasteiger partial charge in [-0.2, -0.15) is 0 Å². The molecule has 1 aromatic rings. The number of nitrogens with one attached hydrogen (secondary N) is 1. The van der Waals surface area contributed by atoms with E-state index in [9.17, 15) is 0 Å². The van der Waals surface area contributed by atoms with E-state index in [1.54, 1.807) is 14.2 Å². The van der Waals surface area contributed by atoms with E-state index in [-0.39, 0.29) is 0 Å². The van der Waals surface area contributed by atoms with Crippen molar-refractivity contribution in [1.29, 1.82) is 0 Å². The lowest BCUT2D eigenvalue weighted by Crippen LogP contribution is -2.17. The first-order valence-corrected chi connectivity index (χ1v) is 8.67. The monoisotopic (exact) mass is 355 g/mol. The Morgan fingerprint density at radius 3 is 2.52 bits per heavy atom. The molecule has 1 aliphatic rings. The molecule has 0 radical (unpaired) electrons. The summed E-state index contributed by atoms with van der Waals surface area (Å²) < 4.78 is 11.8. The Bertz CT molecular complexity index is 447. The maximum absolute atomic E-state index is 5.48.